The summed E-state index contributed by atoms with van der Waals surface area (Å²) in [6, 6.07) is 0.953. The number of nitrogens with zero attached hydrogens (tertiary/aromatic N) is 1. The second-order valence-electron chi connectivity index (χ2n) is 8.71. The van der Waals surface area contributed by atoms with Crippen LogP contribution < -0.4 is 10.9 Å². The van der Waals surface area contributed by atoms with E-state index in [0.29, 0.717) is 6.54 Å². The highest BCUT2D eigenvalue weighted by Crippen LogP contribution is 2.22. The lowest BCUT2D eigenvalue weighted by Crippen LogP contribution is -2.47. The van der Waals surface area contributed by atoms with Crippen molar-refractivity contribution in [1.29, 1.82) is 0 Å². The van der Waals surface area contributed by atoms with Crippen molar-refractivity contribution in [2.24, 2.45) is 5.92 Å². The molecule has 7 nitrogen and oxygen atoms in total. The van der Waals surface area contributed by atoms with Gasteiger partial charge in [-0.25, -0.2) is 4.79 Å². The zero-order chi connectivity index (χ0) is 21.7. The second kappa shape index (κ2) is 10.2. The molecule has 1 amide bonds. The summed E-state index contributed by atoms with van der Waals surface area (Å²) in [4.78, 5) is 38.5. The fourth-order valence-corrected chi connectivity index (χ4v) is 4.43. The van der Waals surface area contributed by atoms with E-state index in [-0.39, 0.29) is 23.1 Å². The highest BCUT2D eigenvalue weighted by molar-refractivity contribution is 5.96. The molecular weight excluding hydrogens is 384 g/mol. The standard InChI is InChI=1S/C23H34N2O5/c1-15(2)20(23(28)29-3)24-21(26)18-13-16-9-6-4-5-7-11-19(16)25(22(18)27)14-17-10-8-12-30-17/h13,15,17,20H,4-12,14H2,1-3H3,(H,24,26). The second-order valence-corrected chi connectivity index (χ2v) is 8.71. The first-order valence-electron chi connectivity index (χ1n) is 11.2. The third-order valence-corrected chi connectivity index (χ3v) is 6.16. The fourth-order valence-electron chi connectivity index (χ4n) is 4.43. The van der Waals surface area contributed by atoms with E-state index in [0.717, 1.165) is 69.2 Å². The molecule has 2 unspecified atom stereocenters. The van der Waals surface area contributed by atoms with E-state index in [9.17, 15) is 14.4 Å². The number of carbonyl (C=O) groups excluding carboxylic acids is 2. The van der Waals surface area contributed by atoms with E-state index in [2.05, 4.69) is 5.32 Å². The SMILES string of the molecule is COC(=O)C(NC(=O)c1cc2c(n(CC3CCCO3)c1=O)CCCCCC2)C(C)C. The molecule has 0 spiro atoms. The molecule has 1 aromatic rings. The number of amides is 1. The predicted molar refractivity (Wildman–Crippen MR) is 114 cm³/mol. The minimum absolute atomic E-state index is 0.00836. The number of pyridine rings is 1. The van der Waals surface area contributed by atoms with Gasteiger partial charge in [0.25, 0.3) is 11.5 Å². The third kappa shape index (κ3) is 5.12. The first kappa shape index (κ1) is 22.5. The molecule has 0 aromatic carbocycles. The van der Waals surface area contributed by atoms with Crippen LogP contribution in [0.25, 0.3) is 0 Å². The Balaban J connectivity index is 1.98. The lowest BCUT2D eigenvalue weighted by Gasteiger charge is -2.24. The summed E-state index contributed by atoms with van der Waals surface area (Å²) >= 11 is 0. The Labute approximate surface area is 178 Å². The number of hydrogen-bond donors (Lipinski definition) is 1. The van der Waals surface area contributed by atoms with Gasteiger partial charge in [-0.1, -0.05) is 26.7 Å². The zero-order valence-electron chi connectivity index (χ0n) is 18.4. The van der Waals surface area contributed by atoms with Crippen LogP contribution in [0.5, 0.6) is 0 Å². The summed E-state index contributed by atoms with van der Waals surface area (Å²) in [6.07, 6.45) is 8.03. The lowest BCUT2D eigenvalue weighted by atomic mass is 9.95. The number of nitrogens with one attached hydrogen (secondary N) is 1. The molecule has 0 radical (unpaired) electrons. The third-order valence-electron chi connectivity index (χ3n) is 6.16. The van der Waals surface area contributed by atoms with Crippen molar-refractivity contribution in [2.45, 2.75) is 83.9 Å². The van der Waals surface area contributed by atoms with Crippen molar-refractivity contribution in [3.05, 3.63) is 33.2 Å². The number of fused-ring (bicyclic) bond motifs is 1. The number of esters is 1. The normalized spacial score (nSPS) is 20.2. The summed E-state index contributed by atoms with van der Waals surface area (Å²) in [7, 11) is 1.30. The number of ether oxygens (including phenoxy) is 2. The van der Waals surface area contributed by atoms with Crippen LogP contribution in [-0.4, -0.2) is 42.3 Å². The van der Waals surface area contributed by atoms with Gasteiger partial charge in [0.05, 0.1) is 19.8 Å². The molecule has 1 fully saturated rings. The molecule has 1 aliphatic carbocycles. The van der Waals surface area contributed by atoms with Gasteiger partial charge in [-0.05, 0) is 56.1 Å². The Kier molecular flexibility index (Phi) is 7.69. The molecule has 166 valence electrons. The Bertz CT molecular complexity index is 824. The monoisotopic (exact) mass is 418 g/mol. The van der Waals surface area contributed by atoms with E-state index in [1.54, 1.807) is 10.6 Å². The van der Waals surface area contributed by atoms with Gasteiger partial charge in [-0.15, -0.1) is 0 Å². The van der Waals surface area contributed by atoms with Crippen molar-refractivity contribution in [1.82, 2.24) is 9.88 Å². The van der Waals surface area contributed by atoms with Crippen LogP contribution in [0, 0.1) is 5.92 Å². The van der Waals surface area contributed by atoms with E-state index >= 15 is 0 Å². The fraction of sp³-hybridized carbons (Fsp3) is 0.696. The molecule has 0 saturated carbocycles. The zero-order valence-corrected chi connectivity index (χ0v) is 18.4. The molecule has 1 saturated heterocycles. The van der Waals surface area contributed by atoms with Gasteiger partial charge in [-0.2, -0.15) is 0 Å². The maximum atomic E-state index is 13.4. The van der Waals surface area contributed by atoms with Crippen LogP contribution in [0.15, 0.2) is 10.9 Å². The van der Waals surface area contributed by atoms with Crippen molar-refractivity contribution >= 4 is 11.9 Å². The van der Waals surface area contributed by atoms with Crippen LogP contribution in [0.1, 0.15) is 74.0 Å². The summed E-state index contributed by atoms with van der Waals surface area (Å²) in [5.74, 6) is -1.18. The van der Waals surface area contributed by atoms with Crippen LogP contribution >= 0.6 is 0 Å². The summed E-state index contributed by atoms with van der Waals surface area (Å²) in [6.45, 7) is 4.86. The molecule has 1 N–H and O–H groups in total. The molecular formula is C23H34N2O5. The van der Waals surface area contributed by atoms with Gasteiger partial charge in [-0.3, -0.25) is 9.59 Å². The minimum Gasteiger partial charge on any atom is -0.467 e. The number of hydrogen-bond acceptors (Lipinski definition) is 5. The van der Waals surface area contributed by atoms with Crippen LogP contribution in [-0.2, 0) is 33.7 Å². The van der Waals surface area contributed by atoms with Crippen molar-refractivity contribution in [2.75, 3.05) is 13.7 Å². The Morgan fingerprint density at radius 2 is 1.93 bits per heavy atom. The van der Waals surface area contributed by atoms with Crippen LogP contribution in [0.2, 0.25) is 0 Å². The minimum atomic E-state index is -0.796. The summed E-state index contributed by atoms with van der Waals surface area (Å²) < 4.78 is 12.4. The number of rotatable bonds is 6. The van der Waals surface area contributed by atoms with Gasteiger partial charge < -0.3 is 19.4 Å². The number of aromatic nitrogens is 1. The Hall–Kier alpha value is -2.15. The largest absolute Gasteiger partial charge is 0.467 e. The predicted octanol–water partition coefficient (Wildman–Crippen LogP) is 2.61. The van der Waals surface area contributed by atoms with Crippen LogP contribution in [0.3, 0.4) is 0 Å². The highest BCUT2D eigenvalue weighted by atomic mass is 16.5. The van der Waals surface area contributed by atoms with Gasteiger partial charge in [0.15, 0.2) is 0 Å². The first-order valence-corrected chi connectivity index (χ1v) is 11.2. The molecule has 1 aliphatic heterocycles. The average Bonchev–Trinajstić information content (AvgIpc) is 3.21. The van der Waals surface area contributed by atoms with Crippen molar-refractivity contribution in [3.8, 4) is 0 Å². The molecule has 3 rings (SSSR count). The van der Waals surface area contributed by atoms with E-state index in [1.165, 1.54) is 7.11 Å². The van der Waals surface area contributed by atoms with E-state index < -0.39 is 17.9 Å². The number of carbonyl (C=O) groups is 2. The maximum absolute atomic E-state index is 13.4. The number of aryl methyl sites for hydroxylation is 1. The van der Waals surface area contributed by atoms with E-state index in [4.69, 9.17) is 9.47 Å². The highest BCUT2D eigenvalue weighted by Gasteiger charge is 2.28. The van der Waals surface area contributed by atoms with Crippen molar-refractivity contribution < 1.29 is 19.1 Å². The molecule has 2 aliphatic rings. The summed E-state index contributed by atoms with van der Waals surface area (Å²) in [5.41, 5.74) is 1.91. The Morgan fingerprint density at radius 3 is 2.57 bits per heavy atom. The van der Waals surface area contributed by atoms with Crippen molar-refractivity contribution in [3.63, 3.8) is 0 Å². The van der Waals surface area contributed by atoms with Gasteiger partial charge in [0, 0.05) is 12.3 Å². The molecule has 0 bridgehead atoms. The molecule has 2 atom stereocenters. The quantitative estimate of drug-likeness (QED) is 0.718. The smallest absolute Gasteiger partial charge is 0.328 e. The lowest BCUT2D eigenvalue weighted by molar-refractivity contribution is -0.144. The topological polar surface area (TPSA) is 86.6 Å². The van der Waals surface area contributed by atoms with Gasteiger partial charge in [0.2, 0.25) is 0 Å². The van der Waals surface area contributed by atoms with E-state index in [1.807, 2.05) is 13.8 Å². The van der Waals surface area contributed by atoms with Gasteiger partial charge >= 0.3 is 5.97 Å². The van der Waals surface area contributed by atoms with Crippen LogP contribution in [0.4, 0.5) is 0 Å². The molecule has 1 aromatic heterocycles. The average molecular weight is 419 g/mol. The Morgan fingerprint density at radius 1 is 1.20 bits per heavy atom. The molecule has 7 heteroatoms. The molecule has 30 heavy (non-hydrogen) atoms. The number of methoxy groups -OCH3 is 1. The first-order chi connectivity index (χ1) is 14.4. The maximum Gasteiger partial charge on any atom is 0.328 e. The summed E-state index contributed by atoms with van der Waals surface area (Å²) in [5, 5.41) is 2.72. The van der Waals surface area contributed by atoms with Gasteiger partial charge in [0.1, 0.15) is 11.6 Å². The molecule has 2 heterocycles.